The number of methoxy groups -OCH3 is 1. The van der Waals surface area contributed by atoms with Gasteiger partial charge >= 0.3 is 0 Å². The molecule has 1 unspecified atom stereocenters. The fourth-order valence-corrected chi connectivity index (χ4v) is 4.14. The first-order valence-electron chi connectivity index (χ1n) is 5.26. The number of benzene rings is 1. The van der Waals surface area contributed by atoms with Gasteiger partial charge in [-0.3, -0.25) is 0 Å². The zero-order valence-electron chi connectivity index (χ0n) is 9.84. The molecule has 0 amide bonds. The topological polar surface area (TPSA) is 9.23 Å². The average molecular weight is 411 g/mol. The standard InChI is InChI=1S/C13H11Br2ClOS/c1-7-5-8(3-4-10(7)17-2)12(16)11-6-9(14)13(15)18-11/h3-6,12H,1-2H3. The van der Waals surface area contributed by atoms with Crippen molar-refractivity contribution in [2.24, 2.45) is 0 Å². The third kappa shape index (κ3) is 2.93. The fourth-order valence-electron chi connectivity index (χ4n) is 1.71. The highest BCUT2D eigenvalue weighted by atomic mass is 79.9. The Kier molecular flexibility index (Phi) is 4.75. The van der Waals surface area contributed by atoms with Gasteiger partial charge in [0, 0.05) is 9.35 Å². The van der Waals surface area contributed by atoms with Crippen molar-refractivity contribution in [1.29, 1.82) is 0 Å². The van der Waals surface area contributed by atoms with Gasteiger partial charge in [-0.2, -0.15) is 0 Å². The van der Waals surface area contributed by atoms with E-state index in [9.17, 15) is 0 Å². The molecule has 0 bridgehead atoms. The molecule has 2 aromatic rings. The van der Waals surface area contributed by atoms with Crippen LogP contribution in [0.4, 0.5) is 0 Å². The van der Waals surface area contributed by atoms with Gasteiger partial charge in [-0.05, 0) is 62.0 Å². The van der Waals surface area contributed by atoms with Crippen molar-refractivity contribution in [3.8, 4) is 5.75 Å². The minimum absolute atomic E-state index is 0.137. The van der Waals surface area contributed by atoms with E-state index in [-0.39, 0.29) is 5.38 Å². The summed E-state index contributed by atoms with van der Waals surface area (Å²) in [5.74, 6) is 0.885. The Bertz CT molecular complexity index is 549. The highest BCUT2D eigenvalue weighted by Crippen LogP contribution is 2.41. The van der Waals surface area contributed by atoms with Gasteiger partial charge in [0.2, 0.25) is 0 Å². The molecule has 1 aromatic carbocycles. The minimum atomic E-state index is -0.137. The van der Waals surface area contributed by atoms with E-state index in [4.69, 9.17) is 16.3 Å². The molecular formula is C13H11Br2ClOS. The Morgan fingerprint density at radius 1 is 1.28 bits per heavy atom. The molecule has 0 saturated carbocycles. The maximum Gasteiger partial charge on any atom is 0.121 e. The molecule has 18 heavy (non-hydrogen) atoms. The van der Waals surface area contributed by atoms with Gasteiger partial charge < -0.3 is 4.74 Å². The van der Waals surface area contributed by atoms with E-state index in [2.05, 4.69) is 37.9 Å². The first-order chi connectivity index (χ1) is 8.52. The molecule has 0 aliphatic carbocycles. The Balaban J connectivity index is 2.33. The van der Waals surface area contributed by atoms with Crippen molar-refractivity contribution < 1.29 is 4.74 Å². The van der Waals surface area contributed by atoms with Crippen molar-refractivity contribution in [2.45, 2.75) is 12.3 Å². The van der Waals surface area contributed by atoms with Crippen molar-refractivity contribution in [2.75, 3.05) is 7.11 Å². The lowest BCUT2D eigenvalue weighted by atomic mass is 10.1. The number of aryl methyl sites for hydroxylation is 1. The lowest BCUT2D eigenvalue weighted by Gasteiger charge is -2.11. The zero-order chi connectivity index (χ0) is 13.3. The normalized spacial score (nSPS) is 12.5. The van der Waals surface area contributed by atoms with E-state index in [1.807, 2.05) is 25.1 Å². The molecule has 0 saturated heterocycles. The monoisotopic (exact) mass is 408 g/mol. The van der Waals surface area contributed by atoms with Gasteiger partial charge in [-0.15, -0.1) is 22.9 Å². The van der Waals surface area contributed by atoms with Crippen LogP contribution in [-0.2, 0) is 0 Å². The highest BCUT2D eigenvalue weighted by molar-refractivity contribution is 9.13. The summed E-state index contributed by atoms with van der Waals surface area (Å²) in [6, 6.07) is 8.08. The van der Waals surface area contributed by atoms with E-state index in [1.165, 1.54) is 0 Å². The van der Waals surface area contributed by atoms with Gasteiger partial charge in [0.25, 0.3) is 0 Å². The summed E-state index contributed by atoms with van der Waals surface area (Å²) in [4.78, 5) is 1.11. The van der Waals surface area contributed by atoms with E-state index in [0.717, 1.165) is 30.0 Å². The number of rotatable bonds is 3. The summed E-state index contributed by atoms with van der Waals surface area (Å²) in [6.07, 6.45) is 0. The molecule has 1 heterocycles. The predicted molar refractivity (Wildman–Crippen MR) is 85.1 cm³/mol. The van der Waals surface area contributed by atoms with Gasteiger partial charge in [-0.25, -0.2) is 0 Å². The van der Waals surface area contributed by atoms with Crippen molar-refractivity contribution in [3.05, 3.63) is 48.5 Å². The van der Waals surface area contributed by atoms with Crippen LogP contribution in [0.2, 0.25) is 0 Å². The molecule has 0 aliphatic rings. The first kappa shape index (κ1) is 14.4. The third-order valence-corrected chi connectivity index (χ3v) is 6.56. The Morgan fingerprint density at radius 2 is 2.00 bits per heavy atom. The van der Waals surface area contributed by atoms with Crippen LogP contribution >= 0.6 is 54.8 Å². The summed E-state index contributed by atoms with van der Waals surface area (Å²) < 4.78 is 7.36. The molecule has 5 heteroatoms. The highest BCUT2D eigenvalue weighted by Gasteiger charge is 2.16. The lowest BCUT2D eigenvalue weighted by molar-refractivity contribution is 0.411. The van der Waals surface area contributed by atoms with E-state index in [1.54, 1.807) is 18.4 Å². The Labute approximate surface area is 132 Å². The predicted octanol–water partition coefficient (Wildman–Crippen LogP) is 5.92. The Hall–Kier alpha value is -0.0300. The van der Waals surface area contributed by atoms with E-state index < -0.39 is 0 Å². The van der Waals surface area contributed by atoms with E-state index >= 15 is 0 Å². The molecule has 1 nitrogen and oxygen atoms in total. The number of hydrogen-bond acceptors (Lipinski definition) is 2. The molecule has 1 aromatic heterocycles. The SMILES string of the molecule is COc1ccc(C(Cl)c2cc(Br)c(Br)s2)cc1C. The summed E-state index contributed by atoms with van der Waals surface area (Å²) in [6.45, 7) is 2.02. The second-order valence-corrected chi connectivity index (χ2v) is 7.55. The first-order valence-corrected chi connectivity index (χ1v) is 8.10. The number of halogens is 3. The zero-order valence-corrected chi connectivity index (χ0v) is 14.6. The van der Waals surface area contributed by atoms with Crippen molar-refractivity contribution in [1.82, 2.24) is 0 Å². The van der Waals surface area contributed by atoms with Crippen LogP contribution in [0.1, 0.15) is 21.4 Å². The maximum absolute atomic E-state index is 6.51. The van der Waals surface area contributed by atoms with Crippen LogP contribution in [0.15, 0.2) is 32.5 Å². The van der Waals surface area contributed by atoms with Gasteiger partial charge in [0.15, 0.2) is 0 Å². The second kappa shape index (κ2) is 5.95. The fraction of sp³-hybridized carbons (Fsp3) is 0.231. The van der Waals surface area contributed by atoms with Crippen LogP contribution in [0, 0.1) is 6.92 Å². The minimum Gasteiger partial charge on any atom is -0.496 e. The number of hydrogen-bond donors (Lipinski definition) is 0. The molecule has 0 aliphatic heterocycles. The van der Waals surface area contributed by atoms with Gasteiger partial charge in [0.1, 0.15) is 5.75 Å². The second-order valence-electron chi connectivity index (χ2n) is 3.86. The molecular weight excluding hydrogens is 399 g/mol. The Morgan fingerprint density at radius 3 is 2.50 bits per heavy atom. The van der Waals surface area contributed by atoms with Crippen molar-refractivity contribution >= 4 is 54.8 Å². The molecule has 2 rings (SSSR count). The quantitative estimate of drug-likeness (QED) is 0.571. The number of ether oxygens (including phenoxy) is 1. The van der Waals surface area contributed by atoms with Gasteiger partial charge in [0.05, 0.1) is 16.3 Å². The molecule has 0 fully saturated rings. The van der Waals surface area contributed by atoms with E-state index in [0.29, 0.717) is 0 Å². The molecule has 0 radical (unpaired) electrons. The largest absolute Gasteiger partial charge is 0.496 e. The number of thiophene rings is 1. The molecule has 1 atom stereocenters. The van der Waals surface area contributed by atoms with Crippen LogP contribution in [0.3, 0.4) is 0 Å². The molecule has 96 valence electrons. The number of alkyl halides is 1. The lowest BCUT2D eigenvalue weighted by Crippen LogP contribution is -1.93. The van der Waals surface area contributed by atoms with Gasteiger partial charge in [-0.1, -0.05) is 12.1 Å². The smallest absolute Gasteiger partial charge is 0.121 e. The van der Waals surface area contributed by atoms with Crippen molar-refractivity contribution in [3.63, 3.8) is 0 Å². The average Bonchev–Trinajstić information content (AvgIpc) is 2.68. The summed E-state index contributed by atoms with van der Waals surface area (Å²) in [5.41, 5.74) is 2.17. The summed E-state index contributed by atoms with van der Waals surface area (Å²) >= 11 is 15.1. The third-order valence-electron chi connectivity index (χ3n) is 2.63. The molecule has 0 spiro atoms. The van der Waals surface area contributed by atoms with Crippen LogP contribution in [0.5, 0.6) is 5.75 Å². The summed E-state index contributed by atoms with van der Waals surface area (Å²) in [5, 5.41) is -0.137. The van der Waals surface area contributed by atoms with Crippen LogP contribution in [-0.4, -0.2) is 7.11 Å². The maximum atomic E-state index is 6.51. The van der Waals surface area contributed by atoms with Crippen LogP contribution in [0.25, 0.3) is 0 Å². The summed E-state index contributed by atoms with van der Waals surface area (Å²) in [7, 11) is 1.67. The molecule has 0 N–H and O–H groups in total. The van der Waals surface area contributed by atoms with Crippen LogP contribution < -0.4 is 4.74 Å².